The summed E-state index contributed by atoms with van der Waals surface area (Å²) in [6.45, 7) is 5.83. The molecule has 1 amide bonds. The molecule has 0 aromatic heterocycles. The van der Waals surface area contributed by atoms with Crippen LogP contribution >= 0.6 is 0 Å². The number of carbonyl (C=O) groups excluding carboxylic acids is 2. The van der Waals surface area contributed by atoms with Gasteiger partial charge in [-0.15, -0.1) is 0 Å². The molecule has 0 heterocycles. The van der Waals surface area contributed by atoms with Crippen molar-refractivity contribution >= 4 is 21.9 Å². The van der Waals surface area contributed by atoms with Gasteiger partial charge < -0.3 is 9.64 Å². The van der Waals surface area contributed by atoms with Crippen molar-refractivity contribution in [1.82, 2.24) is 9.62 Å². The summed E-state index contributed by atoms with van der Waals surface area (Å²) < 4.78 is 45.0. The minimum atomic E-state index is -3.97. The Morgan fingerprint density at radius 2 is 1.81 bits per heavy atom. The van der Waals surface area contributed by atoms with Crippen LogP contribution in [0.5, 0.6) is 0 Å². The lowest BCUT2D eigenvalue weighted by Gasteiger charge is -2.26. The maximum absolute atomic E-state index is 13.0. The number of nitrogens with one attached hydrogen (secondary N) is 1. The smallest absolute Gasteiger partial charge is 0.307 e. The highest BCUT2D eigenvalue weighted by Crippen LogP contribution is 2.12. The number of likely N-dealkylation sites (N-methyl/N-ethyl adjacent to an activating group) is 1. The molecule has 0 spiro atoms. The van der Waals surface area contributed by atoms with Crippen LogP contribution in [-0.2, 0) is 24.3 Å². The van der Waals surface area contributed by atoms with Crippen molar-refractivity contribution in [1.29, 1.82) is 0 Å². The number of ether oxygens (including phenoxy) is 1. The topological polar surface area (TPSA) is 92.8 Å². The molecule has 0 aliphatic rings. The largest absolute Gasteiger partial charge is 0.466 e. The Kier molecular flexibility index (Phi) is 8.67. The van der Waals surface area contributed by atoms with Crippen molar-refractivity contribution in [2.75, 3.05) is 19.7 Å². The Morgan fingerprint density at radius 3 is 2.31 bits per heavy atom. The Hall–Kier alpha value is -2.00. The quantitative estimate of drug-likeness (QED) is 0.616. The molecule has 0 saturated carbocycles. The number of sulfonamides is 1. The standard InChI is InChI=1S/C17H25FN2O5S/c1-4-15(17(22)20(5-2)12-11-16(21)25-6-3)19-26(23,24)14-9-7-13(18)8-10-14/h7-10,15,19H,4-6,11-12H2,1-3H3. The van der Waals surface area contributed by atoms with Gasteiger partial charge in [-0.2, -0.15) is 4.72 Å². The van der Waals surface area contributed by atoms with Gasteiger partial charge in [-0.1, -0.05) is 6.92 Å². The average molecular weight is 388 g/mol. The number of esters is 1. The summed E-state index contributed by atoms with van der Waals surface area (Å²) in [7, 11) is -3.97. The van der Waals surface area contributed by atoms with E-state index in [1.807, 2.05) is 0 Å². The maximum atomic E-state index is 13.0. The highest BCUT2D eigenvalue weighted by atomic mass is 32.2. The zero-order chi connectivity index (χ0) is 19.7. The Morgan fingerprint density at radius 1 is 1.19 bits per heavy atom. The van der Waals surface area contributed by atoms with E-state index in [4.69, 9.17) is 4.74 Å². The Bertz CT molecular complexity index is 706. The molecule has 1 rings (SSSR count). The number of benzene rings is 1. The van der Waals surface area contributed by atoms with Crippen LogP contribution in [0.25, 0.3) is 0 Å². The summed E-state index contributed by atoms with van der Waals surface area (Å²) in [5.41, 5.74) is 0. The van der Waals surface area contributed by atoms with Crippen molar-refractivity contribution in [2.45, 2.75) is 44.6 Å². The van der Waals surface area contributed by atoms with Gasteiger partial charge in [0.15, 0.2) is 0 Å². The third-order valence-electron chi connectivity index (χ3n) is 3.71. The highest BCUT2D eigenvalue weighted by Gasteiger charge is 2.27. The molecule has 9 heteroatoms. The monoisotopic (exact) mass is 388 g/mol. The molecule has 7 nitrogen and oxygen atoms in total. The first-order chi connectivity index (χ1) is 12.2. The van der Waals surface area contributed by atoms with Gasteiger partial charge in [-0.3, -0.25) is 9.59 Å². The van der Waals surface area contributed by atoms with E-state index in [1.165, 1.54) is 4.90 Å². The highest BCUT2D eigenvalue weighted by molar-refractivity contribution is 7.89. The van der Waals surface area contributed by atoms with Gasteiger partial charge in [0.1, 0.15) is 11.9 Å². The van der Waals surface area contributed by atoms with Crippen LogP contribution in [0, 0.1) is 5.82 Å². The molecule has 26 heavy (non-hydrogen) atoms. The number of carbonyl (C=O) groups is 2. The SMILES string of the molecule is CCOC(=O)CCN(CC)C(=O)C(CC)NS(=O)(=O)c1ccc(F)cc1. The van der Waals surface area contributed by atoms with E-state index < -0.39 is 33.8 Å². The van der Waals surface area contributed by atoms with E-state index in [2.05, 4.69) is 4.72 Å². The first-order valence-electron chi connectivity index (χ1n) is 8.47. The van der Waals surface area contributed by atoms with E-state index in [1.54, 1.807) is 20.8 Å². The zero-order valence-electron chi connectivity index (χ0n) is 15.2. The van der Waals surface area contributed by atoms with Gasteiger partial charge in [0.2, 0.25) is 15.9 Å². The number of hydrogen-bond donors (Lipinski definition) is 1. The number of nitrogens with zero attached hydrogens (tertiary/aromatic N) is 1. The molecular formula is C17H25FN2O5S. The van der Waals surface area contributed by atoms with Gasteiger partial charge in [0.25, 0.3) is 0 Å². The normalized spacial score (nSPS) is 12.5. The number of rotatable bonds is 10. The van der Waals surface area contributed by atoms with Gasteiger partial charge in [-0.05, 0) is 44.5 Å². The second-order valence-electron chi connectivity index (χ2n) is 5.51. The predicted octanol–water partition coefficient (Wildman–Crippen LogP) is 1.68. The van der Waals surface area contributed by atoms with Crippen molar-refractivity contribution < 1.29 is 27.1 Å². The molecule has 0 fully saturated rings. The molecule has 0 bridgehead atoms. The molecule has 1 N–H and O–H groups in total. The molecule has 0 saturated heterocycles. The third-order valence-corrected chi connectivity index (χ3v) is 5.20. The predicted molar refractivity (Wildman–Crippen MR) is 94.3 cm³/mol. The summed E-state index contributed by atoms with van der Waals surface area (Å²) in [6.07, 6.45) is 0.268. The first-order valence-corrected chi connectivity index (χ1v) is 9.95. The Labute approximate surface area is 153 Å². The lowest BCUT2D eigenvalue weighted by Crippen LogP contribution is -2.48. The van der Waals surface area contributed by atoms with E-state index in [9.17, 15) is 22.4 Å². The van der Waals surface area contributed by atoms with Crippen molar-refractivity contribution in [2.24, 2.45) is 0 Å². The van der Waals surface area contributed by atoms with E-state index in [0.29, 0.717) is 6.54 Å². The molecule has 1 aromatic carbocycles. The zero-order valence-corrected chi connectivity index (χ0v) is 16.0. The van der Waals surface area contributed by atoms with Crippen LogP contribution in [-0.4, -0.2) is 50.9 Å². The molecule has 0 aliphatic heterocycles. The molecular weight excluding hydrogens is 363 g/mol. The number of halogens is 1. The van der Waals surface area contributed by atoms with Crippen LogP contribution in [0.2, 0.25) is 0 Å². The van der Waals surface area contributed by atoms with Gasteiger partial charge in [0, 0.05) is 13.1 Å². The van der Waals surface area contributed by atoms with E-state index in [0.717, 1.165) is 24.3 Å². The lowest BCUT2D eigenvalue weighted by molar-refractivity contribution is -0.144. The van der Waals surface area contributed by atoms with Crippen LogP contribution in [0.4, 0.5) is 4.39 Å². The van der Waals surface area contributed by atoms with Crippen molar-refractivity contribution in [3.8, 4) is 0 Å². The van der Waals surface area contributed by atoms with Crippen LogP contribution in [0.3, 0.4) is 0 Å². The fourth-order valence-corrected chi connectivity index (χ4v) is 3.55. The lowest BCUT2D eigenvalue weighted by atomic mass is 10.2. The van der Waals surface area contributed by atoms with Crippen LogP contribution < -0.4 is 4.72 Å². The molecule has 1 aromatic rings. The Balaban J connectivity index is 2.83. The molecule has 146 valence electrons. The minimum Gasteiger partial charge on any atom is -0.466 e. The maximum Gasteiger partial charge on any atom is 0.307 e. The second kappa shape index (κ2) is 10.2. The molecule has 1 unspecified atom stereocenters. The number of amides is 1. The average Bonchev–Trinajstić information content (AvgIpc) is 2.60. The van der Waals surface area contributed by atoms with E-state index in [-0.39, 0.29) is 30.9 Å². The van der Waals surface area contributed by atoms with Gasteiger partial charge in [0.05, 0.1) is 17.9 Å². The molecule has 0 aliphatic carbocycles. The fourth-order valence-electron chi connectivity index (χ4n) is 2.28. The second-order valence-corrected chi connectivity index (χ2v) is 7.22. The summed E-state index contributed by atoms with van der Waals surface area (Å²) in [4.78, 5) is 25.4. The fraction of sp³-hybridized carbons (Fsp3) is 0.529. The first kappa shape index (κ1) is 22.0. The van der Waals surface area contributed by atoms with Crippen LogP contribution in [0.1, 0.15) is 33.6 Å². The third kappa shape index (κ3) is 6.38. The summed E-state index contributed by atoms with van der Waals surface area (Å²) in [5, 5.41) is 0. The van der Waals surface area contributed by atoms with Crippen molar-refractivity contribution in [3.63, 3.8) is 0 Å². The summed E-state index contributed by atoms with van der Waals surface area (Å²) >= 11 is 0. The molecule has 0 radical (unpaired) electrons. The minimum absolute atomic E-state index is 0.0363. The van der Waals surface area contributed by atoms with Gasteiger partial charge >= 0.3 is 5.97 Å². The van der Waals surface area contributed by atoms with E-state index >= 15 is 0 Å². The summed E-state index contributed by atoms with van der Waals surface area (Å²) in [5.74, 6) is -1.40. The molecule has 1 atom stereocenters. The van der Waals surface area contributed by atoms with Crippen LogP contribution in [0.15, 0.2) is 29.2 Å². The summed E-state index contributed by atoms with van der Waals surface area (Å²) in [6, 6.07) is 3.36. The van der Waals surface area contributed by atoms with Gasteiger partial charge in [-0.25, -0.2) is 12.8 Å². The number of hydrogen-bond acceptors (Lipinski definition) is 5. The van der Waals surface area contributed by atoms with Crippen molar-refractivity contribution in [3.05, 3.63) is 30.1 Å².